The summed E-state index contributed by atoms with van der Waals surface area (Å²) in [5, 5.41) is 4.48. The minimum atomic E-state index is -0.149. The lowest BCUT2D eigenvalue weighted by Gasteiger charge is -2.31. The van der Waals surface area contributed by atoms with Crippen LogP contribution in [0.5, 0.6) is 0 Å². The van der Waals surface area contributed by atoms with Crippen molar-refractivity contribution < 1.29 is 4.79 Å². The number of aliphatic imine (C=N–C) groups is 1. The Balaban J connectivity index is 1.49. The Morgan fingerprint density at radius 1 is 1.09 bits per heavy atom. The smallest absolute Gasteiger partial charge is 0.292 e. The van der Waals surface area contributed by atoms with E-state index in [9.17, 15) is 4.79 Å². The van der Waals surface area contributed by atoms with Gasteiger partial charge in [0, 0.05) is 18.5 Å². The number of aryl methyl sites for hydroxylation is 1. The summed E-state index contributed by atoms with van der Waals surface area (Å²) in [6.07, 6.45) is 4.86. The van der Waals surface area contributed by atoms with Crippen LogP contribution in [0.1, 0.15) is 53.0 Å². The van der Waals surface area contributed by atoms with E-state index in [1.54, 1.807) is 0 Å². The highest BCUT2D eigenvalue weighted by Gasteiger charge is 2.28. The molecule has 2 heterocycles. The molecule has 3 aromatic rings. The molecular formula is C26H31N7O. The van der Waals surface area contributed by atoms with Crippen molar-refractivity contribution in [2.75, 3.05) is 11.9 Å². The molecule has 1 amide bonds. The summed E-state index contributed by atoms with van der Waals surface area (Å²) < 4.78 is 0. The third kappa shape index (κ3) is 4.53. The highest BCUT2D eigenvalue weighted by atomic mass is 16.2. The van der Waals surface area contributed by atoms with E-state index < -0.39 is 0 Å². The van der Waals surface area contributed by atoms with Crippen molar-refractivity contribution in [2.24, 2.45) is 16.5 Å². The zero-order valence-electron chi connectivity index (χ0n) is 19.5. The Bertz CT molecular complexity index is 1250. The number of carbonyl (C=O) groups is 1. The summed E-state index contributed by atoms with van der Waals surface area (Å²) in [6.45, 7) is 3.27. The van der Waals surface area contributed by atoms with Gasteiger partial charge in [0.25, 0.3) is 5.91 Å². The third-order valence-electron chi connectivity index (χ3n) is 6.83. The summed E-state index contributed by atoms with van der Waals surface area (Å²) >= 11 is 0. The van der Waals surface area contributed by atoms with Gasteiger partial charge in [0.1, 0.15) is 5.82 Å². The zero-order valence-corrected chi connectivity index (χ0v) is 19.5. The number of anilines is 1. The van der Waals surface area contributed by atoms with E-state index in [0.29, 0.717) is 18.9 Å². The molecule has 8 nitrogen and oxygen atoms in total. The quantitative estimate of drug-likeness (QED) is 0.409. The molecule has 1 saturated carbocycles. The van der Waals surface area contributed by atoms with Gasteiger partial charge in [0.05, 0.1) is 17.6 Å². The molecular weight excluding hydrogens is 426 g/mol. The molecule has 8 heteroatoms. The minimum absolute atomic E-state index is 0.0219. The van der Waals surface area contributed by atoms with Crippen LogP contribution in [-0.2, 0) is 13.0 Å². The molecule has 1 fully saturated rings. The highest BCUT2D eigenvalue weighted by Crippen LogP contribution is 2.29. The molecule has 0 bridgehead atoms. The van der Waals surface area contributed by atoms with Crippen molar-refractivity contribution in [3.8, 4) is 0 Å². The standard InChI is InChI=1S/C26H31N7O/c1-16-10-11-20-19(14-16)23(30-21-8-4-5-9-22(21)31-26(27)28)32-24(29-20)25(34)33-13-12-17-6-2-3-7-18(17)15-33/h2-3,6-7,10-11,14,21-22H,4-5,8-9,12-13,15H2,1H3,(H4,27,28,31)(H,29,30,32). The number of guanidine groups is 1. The second kappa shape index (κ2) is 9.29. The number of amides is 1. The number of rotatable bonds is 4. The fourth-order valence-corrected chi connectivity index (χ4v) is 5.06. The van der Waals surface area contributed by atoms with Crippen molar-refractivity contribution in [2.45, 2.75) is 57.7 Å². The topological polar surface area (TPSA) is 123 Å². The van der Waals surface area contributed by atoms with Crippen molar-refractivity contribution in [3.05, 3.63) is 65.0 Å². The molecule has 1 aliphatic heterocycles. The Kier molecular flexibility index (Phi) is 6.04. The van der Waals surface area contributed by atoms with E-state index in [1.165, 1.54) is 11.1 Å². The van der Waals surface area contributed by atoms with Crippen molar-refractivity contribution in [1.29, 1.82) is 0 Å². The molecule has 0 radical (unpaired) electrons. The Hall–Kier alpha value is -3.68. The van der Waals surface area contributed by atoms with E-state index in [2.05, 4.69) is 33.5 Å². The summed E-state index contributed by atoms with van der Waals surface area (Å²) in [7, 11) is 0. The number of nitrogens with zero attached hydrogens (tertiary/aromatic N) is 4. The predicted molar refractivity (Wildman–Crippen MR) is 135 cm³/mol. The molecule has 34 heavy (non-hydrogen) atoms. The normalized spacial score (nSPS) is 20.0. The lowest BCUT2D eigenvalue weighted by Crippen LogP contribution is -2.39. The van der Waals surface area contributed by atoms with Crippen molar-refractivity contribution >= 4 is 28.6 Å². The van der Waals surface area contributed by atoms with Crippen LogP contribution in [-0.4, -0.2) is 45.4 Å². The van der Waals surface area contributed by atoms with Crippen LogP contribution in [0.4, 0.5) is 5.82 Å². The average molecular weight is 458 g/mol. The molecule has 2 aliphatic rings. The average Bonchev–Trinajstić information content (AvgIpc) is 2.84. The fourth-order valence-electron chi connectivity index (χ4n) is 5.06. The zero-order chi connectivity index (χ0) is 23.7. The number of aromatic nitrogens is 2. The first kappa shape index (κ1) is 22.1. The van der Waals surface area contributed by atoms with Crippen LogP contribution in [0.25, 0.3) is 10.9 Å². The van der Waals surface area contributed by atoms with E-state index in [0.717, 1.165) is 48.6 Å². The minimum Gasteiger partial charge on any atom is -0.370 e. The summed E-state index contributed by atoms with van der Waals surface area (Å²) in [5.41, 5.74) is 15.7. The Labute approximate surface area is 199 Å². The van der Waals surface area contributed by atoms with Crippen LogP contribution in [0.15, 0.2) is 47.5 Å². The molecule has 1 aromatic heterocycles. The van der Waals surface area contributed by atoms with Crippen LogP contribution in [0, 0.1) is 6.92 Å². The van der Waals surface area contributed by atoms with Gasteiger partial charge in [0.2, 0.25) is 5.82 Å². The largest absolute Gasteiger partial charge is 0.370 e. The number of nitrogens with one attached hydrogen (secondary N) is 1. The van der Waals surface area contributed by atoms with Crippen LogP contribution in [0.3, 0.4) is 0 Å². The van der Waals surface area contributed by atoms with E-state index in [-0.39, 0.29) is 29.8 Å². The van der Waals surface area contributed by atoms with Gasteiger partial charge in [0.15, 0.2) is 5.96 Å². The van der Waals surface area contributed by atoms with Gasteiger partial charge >= 0.3 is 0 Å². The van der Waals surface area contributed by atoms with Crippen LogP contribution < -0.4 is 16.8 Å². The van der Waals surface area contributed by atoms with Gasteiger partial charge in [-0.05, 0) is 49.4 Å². The maximum Gasteiger partial charge on any atom is 0.292 e. The first-order valence-electron chi connectivity index (χ1n) is 12.0. The monoisotopic (exact) mass is 457 g/mol. The van der Waals surface area contributed by atoms with Crippen molar-refractivity contribution in [1.82, 2.24) is 14.9 Å². The van der Waals surface area contributed by atoms with Gasteiger partial charge < -0.3 is 21.7 Å². The lowest BCUT2D eigenvalue weighted by molar-refractivity contribution is 0.0723. The number of hydrogen-bond donors (Lipinski definition) is 3. The predicted octanol–water partition coefficient (Wildman–Crippen LogP) is 3.13. The maximum absolute atomic E-state index is 13.5. The van der Waals surface area contributed by atoms with Gasteiger partial charge in [-0.15, -0.1) is 0 Å². The summed E-state index contributed by atoms with van der Waals surface area (Å²) in [6, 6.07) is 14.3. The van der Waals surface area contributed by atoms with Crippen LogP contribution in [0.2, 0.25) is 0 Å². The molecule has 5 N–H and O–H groups in total. The van der Waals surface area contributed by atoms with Gasteiger partial charge in [-0.3, -0.25) is 4.79 Å². The van der Waals surface area contributed by atoms with Gasteiger partial charge in [-0.25, -0.2) is 15.0 Å². The third-order valence-corrected chi connectivity index (χ3v) is 6.83. The summed E-state index contributed by atoms with van der Waals surface area (Å²) in [4.78, 5) is 29.2. The first-order chi connectivity index (χ1) is 16.5. The Morgan fingerprint density at radius 3 is 2.71 bits per heavy atom. The molecule has 2 atom stereocenters. The Morgan fingerprint density at radius 2 is 1.88 bits per heavy atom. The molecule has 2 aromatic carbocycles. The van der Waals surface area contributed by atoms with Gasteiger partial charge in [-0.1, -0.05) is 48.7 Å². The number of benzene rings is 2. The van der Waals surface area contributed by atoms with Crippen LogP contribution >= 0.6 is 0 Å². The second-order valence-corrected chi connectivity index (χ2v) is 9.32. The van der Waals surface area contributed by atoms with E-state index >= 15 is 0 Å². The number of fused-ring (bicyclic) bond motifs is 2. The fraction of sp³-hybridized carbons (Fsp3) is 0.385. The number of carbonyl (C=O) groups excluding carboxylic acids is 1. The molecule has 2 unspecified atom stereocenters. The lowest BCUT2D eigenvalue weighted by atomic mass is 9.90. The van der Waals surface area contributed by atoms with Crippen molar-refractivity contribution in [3.63, 3.8) is 0 Å². The maximum atomic E-state index is 13.5. The second-order valence-electron chi connectivity index (χ2n) is 9.32. The molecule has 0 spiro atoms. The summed E-state index contributed by atoms with van der Waals surface area (Å²) in [5.74, 6) is 0.831. The first-order valence-corrected chi connectivity index (χ1v) is 12.0. The SMILES string of the molecule is Cc1ccc2nc(C(=O)N3CCc4ccccc4C3)nc(NC3CCCCC3N=C(N)N)c2c1. The molecule has 1 aliphatic carbocycles. The van der Waals surface area contributed by atoms with E-state index in [4.69, 9.17) is 16.5 Å². The molecule has 0 saturated heterocycles. The molecule has 176 valence electrons. The molecule has 5 rings (SSSR count). The highest BCUT2D eigenvalue weighted by molar-refractivity contribution is 5.96. The van der Waals surface area contributed by atoms with Gasteiger partial charge in [-0.2, -0.15) is 0 Å². The number of nitrogens with two attached hydrogens (primary N) is 2. The number of hydrogen-bond acceptors (Lipinski definition) is 5. The van der Waals surface area contributed by atoms with E-state index in [1.807, 2.05) is 36.1 Å².